The van der Waals surface area contributed by atoms with E-state index in [-0.39, 0.29) is 37.0 Å². The lowest BCUT2D eigenvalue weighted by Gasteiger charge is -2.27. The van der Waals surface area contributed by atoms with Gasteiger partial charge in [-0.1, -0.05) is 0 Å². The van der Waals surface area contributed by atoms with Gasteiger partial charge in [0.15, 0.2) is 11.2 Å². The number of H-pyrrole nitrogens is 1. The molecule has 0 amide bonds. The van der Waals surface area contributed by atoms with Crippen molar-refractivity contribution < 1.29 is 18.3 Å². The third-order valence-electron chi connectivity index (χ3n) is 3.00. The molecule has 2 aromatic rings. The molecule has 3 heterocycles. The summed E-state index contributed by atoms with van der Waals surface area (Å²) in [6.45, 7) is 0.272. The minimum absolute atomic E-state index is 0.00775. The maximum atomic E-state index is 11.7. The number of rotatable bonds is 4. The number of aromatic nitrogens is 4. The van der Waals surface area contributed by atoms with E-state index in [1.54, 1.807) is 0 Å². The molecular weight excluding hydrogens is 337 g/mol. The lowest BCUT2D eigenvalue weighted by molar-refractivity contribution is -0.0622. The second-order valence-electron chi connectivity index (χ2n) is 4.58. The molecule has 2 aromatic heterocycles. The van der Waals surface area contributed by atoms with Gasteiger partial charge in [0.05, 0.1) is 19.5 Å². The second kappa shape index (κ2) is 5.98. The van der Waals surface area contributed by atoms with Gasteiger partial charge in [0, 0.05) is 0 Å². The summed E-state index contributed by atoms with van der Waals surface area (Å²) in [5.74, 6) is -0.00775. The van der Waals surface area contributed by atoms with Gasteiger partial charge in [-0.3, -0.25) is 18.9 Å². The van der Waals surface area contributed by atoms with E-state index in [1.807, 2.05) is 0 Å². The number of imidazole rings is 1. The predicted molar refractivity (Wildman–Crippen MR) is 77.7 cm³/mol. The first-order valence-electron chi connectivity index (χ1n) is 6.27. The summed E-state index contributed by atoms with van der Waals surface area (Å²) >= 11 is 5.50. The molecule has 1 fully saturated rings. The van der Waals surface area contributed by atoms with E-state index in [0.29, 0.717) is 5.65 Å². The van der Waals surface area contributed by atoms with E-state index < -0.39 is 19.3 Å². The molecule has 0 bridgehead atoms. The summed E-state index contributed by atoms with van der Waals surface area (Å²) in [6.07, 6.45) is 1.00. The number of nitrogen functional groups attached to an aromatic ring is 1. The molecule has 0 spiro atoms. The van der Waals surface area contributed by atoms with E-state index in [2.05, 4.69) is 15.0 Å². The predicted octanol–water partition coefficient (Wildman–Crippen LogP) is 0.481. The molecule has 0 aromatic carbocycles. The molecule has 12 heteroatoms. The summed E-state index contributed by atoms with van der Waals surface area (Å²) in [5.41, 5.74) is 5.36. The summed E-state index contributed by atoms with van der Waals surface area (Å²) < 4.78 is 29.0. The topological polar surface area (TPSA) is 134 Å². The number of nitrogens with one attached hydrogen (secondary N) is 1. The molecule has 3 N–H and O–H groups in total. The zero-order chi connectivity index (χ0) is 15.7. The first-order valence-corrected chi connectivity index (χ1v) is 8.53. The van der Waals surface area contributed by atoms with E-state index >= 15 is 0 Å². The van der Waals surface area contributed by atoms with Gasteiger partial charge >= 0.3 is 7.60 Å². The third-order valence-corrected chi connectivity index (χ3v) is 5.26. The largest absolute Gasteiger partial charge is 0.369 e. The molecule has 1 aliphatic heterocycles. The van der Waals surface area contributed by atoms with Crippen molar-refractivity contribution in [3.8, 4) is 0 Å². The fourth-order valence-electron chi connectivity index (χ4n) is 1.89. The van der Waals surface area contributed by atoms with Crippen LogP contribution in [0.3, 0.4) is 0 Å². The molecule has 22 heavy (non-hydrogen) atoms. The van der Waals surface area contributed by atoms with E-state index in [4.69, 9.17) is 31.1 Å². The van der Waals surface area contributed by atoms with Crippen LogP contribution in [0.1, 0.15) is 0 Å². The normalized spacial score (nSPS) is 25.6. The van der Waals surface area contributed by atoms with Crippen LogP contribution in [0.5, 0.6) is 0 Å². The number of alkyl halides is 1. The average molecular weight is 350 g/mol. The van der Waals surface area contributed by atoms with E-state index in [1.165, 1.54) is 10.9 Å². The van der Waals surface area contributed by atoms with Gasteiger partial charge in [0.1, 0.15) is 18.5 Å². The van der Waals surface area contributed by atoms with Crippen molar-refractivity contribution in [3.63, 3.8) is 0 Å². The van der Waals surface area contributed by atoms with Crippen LogP contribution in [0.15, 0.2) is 11.1 Å². The van der Waals surface area contributed by atoms with Gasteiger partial charge in [-0.05, 0) is 0 Å². The number of anilines is 1. The summed E-state index contributed by atoms with van der Waals surface area (Å²) in [7, 11) is -3.18. The minimum atomic E-state index is -3.18. The number of hydrogen-bond donors (Lipinski definition) is 2. The molecule has 0 atom stereocenters. The Bertz CT molecular complexity index is 780. The fourth-order valence-corrected chi connectivity index (χ4v) is 3.31. The molecule has 0 saturated carbocycles. The van der Waals surface area contributed by atoms with Crippen LogP contribution in [0.25, 0.3) is 11.2 Å². The van der Waals surface area contributed by atoms with E-state index in [0.717, 1.165) is 0 Å². The molecule has 0 aliphatic carbocycles. The standard InChI is InChI=1S/C10H13ClN5O5P/c11-3-22(18)20-1-6(2-21-22)19-5-16-4-13-7-8(16)14-10(12)15-9(7)17/h4,6H,1-3,5H2,(H3,12,14,15,17). The lowest BCUT2D eigenvalue weighted by atomic mass is 10.4. The van der Waals surface area contributed by atoms with Crippen molar-refractivity contribution in [2.24, 2.45) is 0 Å². The maximum Gasteiger partial charge on any atom is 0.345 e. The van der Waals surface area contributed by atoms with Crippen LogP contribution < -0.4 is 11.3 Å². The minimum Gasteiger partial charge on any atom is -0.369 e. The smallest absolute Gasteiger partial charge is 0.345 e. The first kappa shape index (κ1) is 15.4. The molecule has 120 valence electrons. The Morgan fingerprint density at radius 2 is 2.27 bits per heavy atom. The second-order valence-corrected chi connectivity index (χ2v) is 7.27. The Hall–Kier alpha value is -1.45. The Morgan fingerprint density at radius 1 is 1.55 bits per heavy atom. The van der Waals surface area contributed by atoms with Crippen LogP contribution in [-0.2, 0) is 25.1 Å². The van der Waals surface area contributed by atoms with Crippen molar-refractivity contribution in [3.05, 3.63) is 16.7 Å². The number of aromatic amines is 1. The lowest BCUT2D eigenvalue weighted by Crippen LogP contribution is -2.30. The summed E-state index contributed by atoms with van der Waals surface area (Å²) in [5, 5.41) is 0. The van der Waals surface area contributed by atoms with Crippen LogP contribution in [0.2, 0.25) is 0 Å². The molecule has 10 nitrogen and oxygen atoms in total. The Balaban J connectivity index is 1.68. The Morgan fingerprint density at radius 3 is 2.95 bits per heavy atom. The SMILES string of the molecule is Nc1nc2c(ncn2COC2COP(=O)(CCl)OC2)c(=O)[nH]1. The van der Waals surface area contributed by atoms with Crippen molar-refractivity contribution in [1.29, 1.82) is 0 Å². The zero-order valence-electron chi connectivity index (χ0n) is 11.3. The van der Waals surface area contributed by atoms with Crippen molar-refractivity contribution in [2.45, 2.75) is 12.8 Å². The van der Waals surface area contributed by atoms with Crippen LogP contribution in [-0.4, -0.2) is 44.5 Å². The average Bonchev–Trinajstić information content (AvgIpc) is 2.90. The van der Waals surface area contributed by atoms with Gasteiger partial charge in [0.2, 0.25) is 5.95 Å². The maximum absolute atomic E-state index is 11.7. The third kappa shape index (κ3) is 3.01. The highest BCUT2D eigenvalue weighted by atomic mass is 35.5. The summed E-state index contributed by atoms with van der Waals surface area (Å²) in [4.78, 5) is 22.0. The molecule has 1 saturated heterocycles. The molecule has 0 unspecified atom stereocenters. The number of nitrogens with two attached hydrogens (primary N) is 1. The van der Waals surface area contributed by atoms with Crippen LogP contribution in [0, 0.1) is 0 Å². The molecule has 1 aliphatic rings. The molecule has 3 rings (SSSR count). The van der Waals surface area contributed by atoms with Gasteiger partial charge in [0.25, 0.3) is 5.56 Å². The number of halogens is 1. The fraction of sp³-hybridized carbons (Fsp3) is 0.500. The van der Waals surface area contributed by atoms with Crippen LogP contribution in [0.4, 0.5) is 5.95 Å². The molecular formula is C10H13ClN5O5P. The quantitative estimate of drug-likeness (QED) is 0.601. The van der Waals surface area contributed by atoms with Gasteiger partial charge in [-0.2, -0.15) is 4.98 Å². The van der Waals surface area contributed by atoms with Crippen molar-refractivity contribution in [2.75, 3.05) is 24.6 Å². The van der Waals surface area contributed by atoms with Crippen molar-refractivity contribution >= 4 is 36.3 Å². The monoisotopic (exact) mass is 349 g/mol. The van der Waals surface area contributed by atoms with E-state index in [9.17, 15) is 9.36 Å². The molecule has 0 radical (unpaired) electrons. The highest BCUT2D eigenvalue weighted by Crippen LogP contribution is 2.51. The number of fused-ring (bicyclic) bond motifs is 1. The Kier molecular flexibility index (Phi) is 4.20. The number of ether oxygens (including phenoxy) is 1. The zero-order valence-corrected chi connectivity index (χ0v) is 12.9. The highest BCUT2D eigenvalue weighted by molar-refractivity contribution is 7.55. The van der Waals surface area contributed by atoms with Gasteiger partial charge in [-0.15, -0.1) is 11.6 Å². The first-order chi connectivity index (χ1) is 10.5. The van der Waals surface area contributed by atoms with Gasteiger partial charge < -0.3 is 19.5 Å². The van der Waals surface area contributed by atoms with Crippen LogP contribution >= 0.6 is 19.2 Å². The van der Waals surface area contributed by atoms with Gasteiger partial charge in [-0.25, -0.2) is 4.98 Å². The Labute approximate surface area is 129 Å². The van der Waals surface area contributed by atoms with Crippen molar-refractivity contribution in [1.82, 2.24) is 19.5 Å². The highest BCUT2D eigenvalue weighted by Gasteiger charge is 2.32. The number of nitrogens with zero attached hydrogens (tertiary/aromatic N) is 3. The summed E-state index contributed by atoms with van der Waals surface area (Å²) in [6, 6.07) is 0. The number of hydrogen-bond acceptors (Lipinski definition) is 8.